The van der Waals surface area contributed by atoms with Crippen molar-refractivity contribution in [3.8, 4) is 0 Å². The lowest BCUT2D eigenvalue weighted by atomic mass is 10.2. The summed E-state index contributed by atoms with van der Waals surface area (Å²) in [6.45, 7) is 8.58. The van der Waals surface area contributed by atoms with Crippen molar-refractivity contribution in [1.29, 1.82) is 0 Å². The predicted octanol–water partition coefficient (Wildman–Crippen LogP) is 1.28. The minimum Gasteiger partial charge on any atom is -0.479 e. The molecule has 1 aliphatic heterocycles. The van der Waals surface area contributed by atoms with Crippen molar-refractivity contribution in [3.05, 3.63) is 0 Å². The summed E-state index contributed by atoms with van der Waals surface area (Å²) in [6.07, 6.45) is 2.42. The van der Waals surface area contributed by atoms with E-state index >= 15 is 0 Å². The van der Waals surface area contributed by atoms with Crippen LogP contribution in [0.2, 0.25) is 0 Å². The van der Waals surface area contributed by atoms with Crippen LogP contribution in [0.25, 0.3) is 0 Å². The highest BCUT2D eigenvalue weighted by Gasteiger charge is 2.24. The number of rotatable bonds is 9. The molecule has 0 aromatic carbocycles. The number of carboxylic acid groups (broad SMARTS) is 1. The molecule has 1 heterocycles. The summed E-state index contributed by atoms with van der Waals surface area (Å²) < 4.78 is 5.23. The van der Waals surface area contributed by atoms with E-state index in [1.54, 1.807) is 0 Å². The molecule has 5 heteroatoms. The Labute approximate surface area is 116 Å². The summed E-state index contributed by atoms with van der Waals surface area (Å²) in [5.74, 6) is -0.855. The van der Waals surface area contributed by atoms with Crippen molar-refractivity contribution >= 4 is 5.97 Å². The van der Waals surface area contributed by atoms with Gasteiger partial charge in [-0.25, -0.2) is 4.79 Å². The fraction of sp³-hybridized carbons (Fsp3) is 0.929. The zero-order chi connectivity index (χ0) is 14.3. The van der Waals surface area contributed by atoms with Crippen LogP contribution < -0.4 is 0 Å². The molecule has 0 aromatic rings. The Kier molecular flexibility index (Phi) is 7.34. The van der Waals surface area contributed by atoms with Gasteiger partial charge in [-0.15, -0.1) is 0 Å². The quantitative estimate of drug-likeness (QED) is 0.685. The van der Waals surface area contributed by atoms with Crippen molar-refractivity contribution in [2.45, 2.75) is 45.3 Å². The van der Waals surface area contributed by atoms with Gasteiger partial charge in [-0.3, -0.25) is 4.90 Å². The summed E-state index contributed by atoms with van der Waals surface area (Å²) in [5, 5.41) is 9.03. The number of nitrogens with zero attached hydrogens (tertiary/aromatic N) is 2. The molecule has 2 atom stereocenters. The summed E-state index contributed by atoms with van der Waals surface area (Å²) in [7, 11) is 2.07. The first-order valence-corrected chi connectivity index (χ1v) is 7.35. The molecule has 0 spiro atoms. The van der Waals surface area contributed by atoms with Crippen LogP contribution in [-0.2, 0) is 9.53 Å². The van der Waals surface area contributed by atoms with Crippen LogP contribution >= 0.6 is 0 Å². The highest BCUT2D eigenvalue weighted by molar-refractivity contribution is 5.72. The molecule has 112 valence electrons. The third kappa shape index (κ3) is 5.47. The molecular formula is C14H28N2O3. The molecular weight excluding hydrogens is 244 g/mol. The van der Waals surface area contributed by atoms with E-state index in [9.17, 15) is 4.79 Å². The van der Waals surface area contributed by atoms with Gasteiger partial charge in [0.2, 0.25) is 0 Å². The Morgan fingerprint density at radius 3 is 2.84 bits per heavy atom. The average Bonchev–Trinajstić information content (AvgIpc) is 2.81. The van der Waals surface area contributed by atoms with E-state index < -0.39 is 12.1 Å². The molecule has 0 radical (unpaired) electrons. The minimum atomic E-state index is -0.855. The molecule has 1 rings (SSSR count). The number of likely N-dealkylation sites (N-methyl/N-ethyl adjacent to an activating group) is 2. The molecule has 0 amide bonds. The molecule has 19 heavy (non-hydrogen) atoms. The number of carbonyl (C=O) groups is 1. The second-order valence-corrected chi connectivity index (χ2v) is 5.26. The number of aliphatic carboxylic acids is 1. The maximum absolute atomic E-state index is 11.0. The normalized spacial score (nSPS) is 22.0. The third-order valence-electron chi connectivity index (χ3n) is 3.84. The molecule has 0 saturated carbocycles. The summed E-state index contributed by atoms with van der Waals surface area (Å²) in [4.78, 5) is 15.7. The van der Waals surface area contributed by atoms with Crippen LogP contribution in [0.15, 0.2) is 0 Å². The zero-order valence-electron chi connectivity index (χ0n) is 12.5. The van der Waals surface area contributed by atoms with Gasteiger partial charge >= 0.3 is 5.97 Å². The Morgan fingerprint density at radius 1 is 1.53 bits per heavy atom. The van der Waals surface area contributed by atoms with Gasteiger partial charge in [-0.05, 0) is 46.3 Å². The van der Waals surface area contributed by atoms with E-state index in [-0.39, 0.29) is 0 Å². The lowest BCUT2D eigenvalue weighted by molar-refractivity contribution is -0.150. The van der Waals surface area contributed by atoms with Crippen LogP contribution in [0.4, 0.5) is 0 Å². The molecule has 1 N–H and O–H groups in total. The van der Waals surface area contributed by atoms with Crippen molar-refractivity contribution in [2.75, 3.05) is 39.8 Å². The average molecular weight is 272 g/mol. The Balaban J connectivity index is 2.30. The standard InChI is InChI=1S/C14H28N2O3/c1-4-16-9-6-7-12(16)11-15(3)10-8-13(14(17)18)19-5-2/h12-13H,4-11H2,1-3H3,(H,17,18). The van der Waals surface area contributed by atoms with Crippen molar-refractivity contribution in [3.63, 3.8) is 0 Å². The van der Waals surface area contributed by atoms with Crippen molar-refractivity contribution < 1.29 is 14.6 Å². The van der Waals surface area contributed by atoms with Crippen molar-refractivity contribution in [2.24, 2.45) is 0 Å². The third-order valence-corrected chi connectivity index (χ3v) is 3.84. The van der Waals surface area contributed by atoms with E-state index in [1.165, 1.54) is 19.4 Å². The molecule has 0 aliphatic carbocycles. The van der Waals surface area contributed by atoms with Crippen LogP contribution in [0, 0.1) is 0 Å². The molecule has 1 saturated heterocycles. The van der Waals surface area contributed by atoms with Gasteiger partial charge in [0.25, 0.3) is 0 Å². The first kappa shape index (κ1) is 16.4. The molecule has 1 fully saturated rings. The maximum atomic E-state index is 11.0. The Morgan fingerprint density at radius 2 is 2.26 bits per heavy atom. The molecule has 5 nitrogen and oxygen atoms in total. The van der Waals surface area contributed by atoms with Gasteiger partial charge in [0.15, 0.2) is 6.10 Å². The number of ether oxygens (including phenoxy) is 1. The fourth-order valence-corrected chi connectivity index (χ4v) is 2.79. The number of hydrogen-bond acceptors (Lipinski definition) is 4. The molecule has 2 unspecified atom stereocenters. The van der Waals surface area contributed by atoms with Crippen LogP contribution in [0.3, 0.4) is 0 Å². The van der Waals surface area contributed by atoms with Crippen LogP contribution in [0.5, 0.6) is 0 Å². The number of likely N-dealkylation sites (tertiary alicyclic amines) is 1. The topological polar surface area (TPSA) is 53.0 Å². The second kappa shape index (κ2) is 8.51. The first-order chi connectivity index (χ1) is 9.08. The molecule has 0 bridgehead atoms. The lowest BCUT2D eigenvalue weighted by Crippen LogP contribution is -2.40. The van der Waals surface area contributed by atoms with Gasteiger partial charge in [-0.2, -0.15) is 0 Å². The number of carboxylic acids is 1. The highest BCUT2D eigenvalue weighted by Crippen LogP contribution is 2.17. The van der Waals surface area contributed by atoms with Gasteiger partial charge < -0.3 is 14.7 Å². The van der Waals surface area contributed by atoms with Gasteiger partial charge in [0.05, 0.1) is 0 Å². The zero-order valence-corrected chi connectivity index (χ0v) is 12.5. The van der Waals surface area contributed by atoms with Gasteiger partial charge in [-0.1, -0.05) is 6.92 Å². The monoisotopic (exact) mass is 272 g/mol. The van der Waals surface area contributed by atoms with Gasteiger partial charge in [0.1, 0.15) is 0 Å². The minimum absolute atomic E-state index is 0.451. The van der Waals surface area contributed by atoms with Crippen LogP contribution in [0.1, 0.15) is 33.1 Å². The molecule has 1 aliphatic rings. The summed E-state index contributed by atoms with van der Waals surface area (Å²) in [6, 6.07) is 0.630. The smallest absolute Gasteiger partial charge is 0.332 e. The van der Waals surface area contributed by atoms with E-state index in [0.29, 0.717) is 19.1 Å². The fourth-order valence-electron chi connectivity index (χ4n) is 2.79. The highest BCUT2D eigenvalue weighted by atomic mass is 16.5. The molecule has 0 aromatic heterocycles. The largest absolute Gasteiger partial charge is 0.479 e. The Bertz CT molecular complexity index is 273. The van der Waals surface area contributed by atoms with E-state index in [0.717, 1.165) is 19.6 Å². The van der Waals surface area contributed by atoms with E-state index in [4.69, 9.17) is 9.84 Å². The van der Waals surface area contributed by atoms with Crippen molar-refractivity contribution in [1.82, 2.24) is 9.80 Å². The predicted molar refractivity (Wildman–Crippen MR) is 75.4 cm³/mol. The Hall–Kier alpha value is -0.650. The lowest BCUT2D eigenvalue weighted by Gasteiger charge is -2.28. The SMILES string of the molecule is CCOC(CCN(C)CC1CCCN1CC)C(=O)O. The maximum Gasteiger partial charge on any atom is 0.332 e. The first-order valence-electron chi connectivity index (χ1n) is 7.35. The van der Waals surface area contributed by atoms with E-state index in [1.807, 2.05) is 6.92 Å². The summed E-state index contributed by atoms with van der Waals surface area (Å²) in [5.41, 5.74) is 0. The van der Waals surface area contributed by atoms with Crippen LogP contribution in [-0.4, -0.2) is 72.9 Å². The van der Waals surface area contributed by atoms with E-state index in [2.05, 4.69) is 23.8 Å². The summed E-state index contributed by atoms with van der Waals surface area (Å²) >= 11 is 0. The second-order valence-electron chi connectivity index (χ2n) is 5.26. The number of hydrogen-bond donors (Lipinski definition) is 1. The van der Waals surface area contributed by atoms with Gasteiger partial charge in [0, 0.05) is 25.7 Å².